The maximum Gasteiger partial charge on any atom is 0.191 e. The number of thiophene rings is 1. The second-order valence-electron chi connectivity index (χ2n) is 6.73. The molecule has 2 N–H and O–H groups in total. The number of guanidine groups is 1. The number of nitrogens with one attached hydrogen (secondary N) is 2. The molecular formula is C18H29IN4S2. The van der Waals surface area contributed by atoms with E-state index in [4.69, 9.17) is 0 Å². The largest absolute Gasteiger partial charge is 0.357 e. The van der Waals surface area contributed by atoms with Crippen molar-refractivity contribution in [2.75, 3.05) is 13.1 Å². The molecule has 140 valence electrons. The molecule has 0 bridgehead atoms. The van der Waals surface area contributed by atoms with Crippen molar-refractivity contribution in [2.45, 2.75) is 52.5 Å². The van der Waals surface area contributed by atoms with Gasteiger partial charge in [0.05, 0.1) is 12.2 Å². The first-order valence-corrected chi connectivity index (χ1v) is 10.2. The van der Waals surface area contributed by atoms with Crippen molar-refractivity contribution in [1.82, 2.24) is 15.6 Å². The van der Waals surface area contributed by atoms with E-state index in [1.807, 2.05) is 0 Å². The second-order valence-corrected chi connectivity index (χ2v) is 8.62. The molecule has 0 unspecified atom stereocenters. The highest BCUT2D eigenvalue weighted by Gasteiger charge is 2.21. The van der Waals surface area contributed by atoms with Crippen molar-refractivity contribution in [3.05, 3.63) is 38.5 Å². The Kier molecular flexibility index (Phi) is 9.37. The summed E-state index contributed by atoms with van der Waals surface area (Å²) < 4.78 is 0. The molecule has 0 radical (unpaired) electrons. The zero-order valence-electron chi connectivity index (χ0n) is 15.6. The molecule has 7 heteroatoms. The molecule has 2 heterocycles. The van der Waals surface area contributed by atoms with Crippen LogP contribution in [0, 0.1) is 0 Å². The zero-order chi connectivity index (χ0) is 17.6. The summed E-state index contributed by atoms with van der Waals surface area (Å²) >= 11 is 3.49. The number of halogens is 1. The first-order valence-electron chi connectivity index (χ1n) is 8.43. The van der Waals surface area contributed by atoms with Crippen molar-refractivity contribution < 1.29 is 0 Å². The number of nitrogens with zero attached hydrogens (tertiary/aromatic N) is 2. The number of hydrogen-bond donors (Lipinski definition) is 2. The molecule has 0 saturated carbocycles. The average Bonchev–Trinajstić information content (AvgIpc) is 3.21. The highest BCUT2D eigenvalue weighted by molar-refractivity contribution is 14.0. The van der Waals surface area contributed by atoms with Crippen molar-refractivity contribution in [2.24, 2.45) is 4.99 Å². The highest BCUT2D eigenvalue weighted by atomic mass is 127. The van der Waals surface area contributed by atoms with Gasteiger partial charge in [-0.1, -0.05) is 33.8 Å². The molecule has 2 aromatic rings. The minimum absolute atomic E-state index is 0. The van der Waals surface area contributed by atoms with E-state index < -0.39 is 0 Å². The monoisotopic (exact) mass is 492 g/mol. The summed E-state index contributed by atoms with van der Waals surface area (Å²) in [6.07, 6.45) is 0. The van der Waals surface area contributed by atoms with Gasteiger partial charge in [-0.3, -0.25) is 0 Å². The molecule has 2 aromatic heterocycles. The fourth-order valence-corrected chi connectivity index (χ4v) is 3.94. The van der Waals surface area contributed by atoms with E-state index in [-0.39, 0.29) is 29.4 Å². The Morgan fingerprint density at radius 1 is 1.28 bits per heavy atom. The van der Waals surface area contributed by atoms with Crippen LogP contribution in [-0.2, 0) is 12.0 Å². The smallest absolute Gasteiger partial charge is 0.191 e. The quantitative estimate of drug-likeness (QED) is 0.326. The lowest BCUT2D eigenvalue weighted by Crippen LogP contribution is -2.43. The molecule has 2 rings (SSSR count). The predicted octanol–water partition coefficient (Wildman–Crippen LogP) is 4.98. The van der Waals surface area contributed by atoms with Crippen LogP contribution in [0.5, 0.6) is 0 Å². The summed E-state index contributed by atoms with van der Waals surface area (Å²) in [5.74, 6) is 1.32. The maximum atomic E-state index is 4.69. The van der Waals surface area contributed by atoms with Gasteiger partial charge in [0.2, 0.25) is 0 Å². The number of thiazole rings is 1. The minimum atomic E-state index is 0. The molecule has 0 amide bonds. The Morgan fingerprint density at radius 2 is 2.04 bits per heavy atom. The zero-order valence-corrected chi connectivity index (χ0v) is 19.6. The van der Waals surface area contributed by atoms with Crippen molar-refractivity contribution in [3.8, 4) is 0 Å². The first kappa shape index (κ1) is 22.4. The molecule has 4 nitrogen and oxygen atoms in total. The number of hydrogen-bond acceptors (Lipinski definition) is 4. The Morgan fingerprint density at radius 3 is 2.60 bits per heavy atom. The Hall–Kier alpha value is -0.670. The molecule has 25 heavy (non-hydrogen) atoms. The molecule has 0 fully saturated rings. The van der Waals surface area contributed by atoms with Crippen molar-refractivity contribution >= 4 is 52.6 Å². The van der Waals surface area contributed by atoms with Crippen LogP contribution >= 0.6 is 46.7 Å². The molecular weight excluding hydrogens is 463 g/mol. The lowest BCUT2D eigenvalue weighted by Gasteiger charge is -2.25. The lowest BCUT2D eigenvalue weighted by atomic mass is 9.91. The summed E-state index contributed by atoms with van der Waals surface area (Å²) in [6.45, 7) is 13.2. The van der Waals surface area contributed by atoms with Crippen molar-refractivity contribution in [1.29, 1.82) is 0 Å². The van der Waals surface area contributed by atoms with E-state index in [0.717, 1.165) is 29.8 Å². The topological polar surface area (TPSA) is 49.3 Å². The van der Waals surface area contributed by atoms with Gasteiger partial charge >= 0.3 is 0 Å². The van der Waals surface area contributed by atoms with Gasteiger partial charge < -0.3 is 10.6 Å². The van der Waals surface area contributed by atoms with Gasteiger partial charge in [0.1, 0.15) is 5.01 Å². The summed E-state index contributed by atoms with van der Waals surface area (Å²) in [7, 11) is 0. The SMILES string of the molecule is CCNC(=NCc1nc(C(C)C)cs1)NCC(C)(C)c1cccs1.I. The standard InChI is InChI=1S/C18H28N4S2.HI/c1-6-19-17(20-10-16-22-14(11-24-16)13(2)3)21-12-18(4,5)15-8-7-9-23-15;/h7-9,11,13H,6,10,12H2,1-5H3,(H2,19,20,21);1H. The molecule has 0 atom stereocenters. The van der Waals surface area contributed by atoms with Gasteiger partial charge in [-0.15, -0.1) is 46.7 Å². The summed E-state index contributed by atoms with van der Waals surface area (Å²) in [5.41, 5.74) is 1.23. The van der Waals surface area contributed by atoms with Crippen LogP contribution in [0.3, 0.4) is 0 Å². The third-order valence-corrected chi connectivity index (χ3v) is 5.85. The number of aromatic nitrogens is 1. The Balaban J connectivity index is 0.00000312. The molecule has 0 aromatic carbocycles. The van der Waals surface area contributed by atoms with Crippen molar-refractivity contribution in [3.63, 3.8) is 0 Å². The third kappa shape index (κ3) is 6.86. The van der Waals surface area contributed by atoms with Gasteiger partial charge in [0.25, 0.3) is 0 Å². The molecule has 0 aliphatic carbocycles. The Bertz CT molecular complexity index is 648. The van der Waals surface area contributed by atoms with E-state index in [1.54, 1.807) is 22.7 Å². The van der Waals surface area contributed by atoms with Crippen LogP contribution < -0.4 is 10.6 Å². The average molecular weight is 492 g/mol. The van der Waals surface area contributed by atoms with E-state index in [2.05, 4.69) is 78.1 Å². The second kappa shape index (κ2) is 10.5. The van der Waals surface area contributed by atoms with Crippen LogP contribution in [0.15, 0.2) is 27.9 Å². The summed E-state index contributed by atoms with van der Waals surface area (Å²) in [4.78, 5) is 10.7. The van der Waals surface area contributed by atoms with Gasteiger partial charge in [-0.25, -0.2) is 9.98 Å². The fourth-order valence-electron chi connectivity index (χ4n) is 2.21. The normalized spacial score (nSPS) is 12.2. The van der Waals surface area contributed by atoms with Gasteiger partial charge in [-0.05, 0) is 24.3 Å². The van der Waals surface area contributed by atoms with Crippen LogP contribution in [0.4, 0.5) is 0 Å². The number of aliphatic imine (C=N–C) groups is 1. The minimum Gasteiger partial charge on any atom is -0.357 e. The molecule has 0 aliphatic rings. The van der Waals surface area contributed by atoms with E-state index in [9.17, 15) is 0 Å². The first-order chi connectivity index (χ1) is 11.4. The van der Waals surface area contributed by atoms with E-state index in [1.165, 1.54) is 4.88 Å². The van der Waals surface area contributed by atoms with Crippen LogP contribution in [0.2, 0.25) is 0 Å². The Labute approximate surface area is 176 Å². The fraction of sp³-hybridized carbons (Fsp3) is 0.556. The van der Waals surface area contributed by atoms with Crippen LogP contribution in [-0.4, -0.2) is 24.0 Å². The van der Waals surface area contributed by atoms with E-state index >= 15 is 0 Å². The molecule has 0 aliphatic heterocycles. The molecule has 0 saturated heterocycles. The number of rotatable bonds is 7. The summed E-state index contributed by atoms with van der Waals surface area (Å²) in [5, 5.41) is 12.1. The predicted molar refractivity (Wildman–Crippen MR) is 122 cm³/mol. The van der Waals surface area contributed by atoms with Gasteiger partial charge in [0, 0.05) is 28.8 Å². The summed E-state index contributed by atoms with van der Waals surface area (Å²) in [6, 6.07) is 4.30. The third-order valence-electron chi connectivity index (χ3n) is 3.76. The van der Waals surface area contributed by atoms with Crippen LogP contribution in [0.25, 0.3) is 0 Å². The highest BCUT2D eigenvalue weighted by Crippen LogP contribution is 2.26. The van der Waals surface area contributed by atoms with E-state index in [0.29, 0.717) is 12.5 Å². The van der Waals surface area contributed by atoms with Gasteiger partial charge in [0.15, 0.2) is 5.96 Å². The maximum absolute atomic E-state index is 4.69. The molecule has 0 spiro atoms. The van der Waals surface area contributed by atoms with Crippen LogP contribution in [0.1, 0.15) is 56.1 Å². The van der Waals surface area contributed by atoms with Gasteiger partial charge in [-0.2, -0.15) is 0 Å². The lowest BCUT2D eigenvalue weighted by molar-refractivity contribution is 0.518.